The monoisotopic (exact) mass is 546 g/mol. The Bertz CT molecular complexity index is 1170. The molecule has 0 unspecified atom stereocenters. The third-order valence-electron chi connectivity index (χ3n) is 6.58. The van der Waals surface area contributed by atoms with E-state index in [0.717, 1.165) is 16.7 Å². The predicted octanol–water partition coefficient (Wildman–Crippen LogP) is 4.45. The maximum atomic E-state index is 13.6. The minimum atomic E-state index is -1.03. The third-order valence-corrected chi connectivity index (χ3v) is 6.58. The number of ether oxygens (including phenoxy) is 1. The van der Waals surface area contributed by atoms with Crippen LogP contribution in [-0.2, 0) is 28.8 Å². The lowest BCUT2D eigenvalue weighted by Crippen LogP contribution is -2.49. The number of hydrogen-bond donors (Lipinski definition) is 4. The largest absolute Gasteiger partial charge is 0.444 e. The molecule has 0 saturated carbocycles. The van der Waals surface area contributed by atoms with Crippen LogP contribution in [0.3, 0.4) is 0 Å². The predicted molar refractivity (Wildman–Crippen MR) is 157 cm³/mol. The summed E-state index contributed by atoms with van der Waals surface area (Å²) in [6.07, 6.45) is -0.294. The van der Waals surface area contributed by atoms with Crippen molar-refractivity contribution in [2.24, 2.45) is 5.92 Å². The van der Waals surface area contributed by atoms with E-state index in [4.69, 9.17) is 4.74 Å². The second kappa shape index (κ2) is 15.2. The molecule has 4 atom stereocenters. The number of alkyl carbamates (subject to hydrolysis) is 1. The van der Waals surface area contributed by atoms with Gasteiger partial charge in [-0.05, 0) is 63.1 Å². The Kier molecular flexibility index (Phi) is 11.7. The highest BCUT2D eigenvalue weighted by molar-refractivity contribution is 5.79. The zero-order valence-electron chi connectivity index (χ0n) is 23.6. The van der Waals surface area contributed by atoms with Crippen molar-refractivity contribution >= 4 is 12.0 Å². The first-order valence-corrected chi connectivity index (χ1v) is 13.8. The molecule has 0 aliphatic carbocycles. The summed E-state index contributed by atoms with van der Waals surface area (Å²) in [5.74, 6) is -0.852. The Balaban J connectivity index is 1.79. The summed E-state index contributed by atoms with van der Waals surface area (Å²) in [6, 6.07) is 27.7. The fourth-order valence-corrected chi connectivity index (χ4v) is 4.63. The summed E-state index contributed by atoms with van der Waals surface area (Å²) in [5.41, 5.74) is 2.21. The van der Waals surface area contributed by atoms with Crippen LogP contribution in [0.15, 0.2) is 91.0 Å². The van der Waals surface area contributed by atoms with Gasteiger partial charge in [0.15, 0.2) is 0 Å². The molecule has 7 heteroatoms. The van der Waals surface area contributed by atoms with Crippen LogP contribution < -0.4 is 10.6 Å². The second-order valence-electron chi connectivity index (χ2n) is 11.2. The summed E-state index contributed by atoms with van der Waals surface area (Å²) in [5, 5.41) is 27.3. The van der Waals surface area contributed by atoms with Crippen molar-refractivity contribution < 1.29 is 24.5 Å². The topological polar surface area (TPSA) is 108 Å². The van der Waals surface area contributed by atoms with Gasteiger partial charge >= 0.3 is 6.09 Å². The van der Waals surface area contributed by atoms with Gasteiger partial charge in [-0.25, -0.2) is 4.79 Å². The van der Waals surface area contributed by atoms with E-state index in [2.05, 4.69) is 10.6 Å². The van der Waals surface area contributed by atoms with Gasteiger partial charge in [-0.1, -0.05) is 91.0 Å². The summed E-state index contributed by atoms with van der Waals surface area (Å²) >= 11 is 0. The minimum absolute atomic E-state index is 0.109. The lowest BCUT2D eigenvalue weighted by Gasteiger charge is -2.29. The first-order valence-electron chi connectivity index (χ1n) is 13.8. The molecule has 0 saturated heterocycles. The van der Waals surface area contributed by atoms with Crippen LogP contribution in [0, 0.1) is 5.92 Å². The van der Waals surface area contributed by atoms with Gasteiger partial charge in [0.05, 0.1) is 24.8 Å². The number of amides is 2. The van der Waals surface area contributed by atoms with Crippen LogP contribution in [-0.4, -0.2) is 52.6 Å². The van der Waals surface area contributed by atoms with E-state index in [1.54, 1.807) is 20.8 Å². The zero-order valence-corrected chi connectivity index (χ0v) is 23.6. The van der Waals surface area contributed by atoms with E-state index >= 15 is 0 Å². The lowest BCUT2D eigenvalue weighted by atomic mass is 9.88. The summed E-state index contributed by atoms with van der Waals surface area (Å²) in [4.78, 5) is 26.3. The third kappa shape index (κ3) is 10.8. The molecular weight excluding hydrogens is 504 g/mol. The first-order chi connectivity index (χ1) is 19.1. The number of hydrogen-bond acceptors (Lipinski definition) is 5. The molecule has 214 valence electrons. The Labute approximate surface area is 237 Å². The molecule has 3 rings (SSSR count). The normalized spacial score (nSPS) is 14.4. The first kappa shape index (κ1) is 30.9. The average molecular weight is 547 g/mol. The fourth-order valence-electron chi connectivity index (χ4n) is 4.63. The zero-order chi connectivity index (χ0) is 29.0. The van der Waals surface area contributed by atoms with E-state index in [9.17, 15) is 19.8 Å². The number of benzene rings is 3. The summed E-state index contributed by atoms with van der Waals surface area (Å²) < 4.78 is 5.46. The Morgan fingerprint density at radius 2 is 1.23 bits per heavy atom. The summed E-state index contributed by atoms with van der Waals surface area (Å²) in [7, 11) is 0. The van der Waals surface area contributed by atoms with E-state index < -0.39 is 35.8 Å². The number of nitrogens with one attached hydrogen (secondary N) is 2. The molecule has 0 aliphatic rings. The molecule has 0 fully saturated rings. The van der Waals surface area contributed by atoms with Gasteiger partial charge in [-0.15, -0.1) is 0 Å². The number of rotatable bonds is 13. The molecule has 0 heterocycles. The maximum absolute atomic E-state index is 13.6. The molecule has 3 aromatic rings. The number of carbonyl (C=O) groups is 2. The van der Waals surface area contributed by atoms with Crippen LogP contribution >= 0.6 is 0 Å². The highest BCUT2D eigenvalue weighted by Gasteiger charge is 2.31. The van der Waals surface area contributed by atoms with Crippen LogP contribution in [0.4, 0.5) is 4.79 Å². The maximum Gasteiger partial charge on any atom is 0.407 e. The Morgan fingerprint density at radius 3 is 1.70 bits per heavy atom. The molecule has 0 aliphatic heterocycles. The molecule has 0 aromatic heterocycles. The number of carbonyl (C=O) groups excluding carboxylic acids is 2. The van der Waals surface area contributed by atoms with Crippen LogP contribution in [0.5, 0.6) is 0 Å². The van der Waals surface area contributed by atoms with E-state index in [-0.39, 0.29) is 18.9 Å². The molecule has 0 radical (unpaired) electrons. The van der Waals surface area contributed by atoms with Crippen LogP contribution in [0.25, 0.3) is 0 Å². The number of aliphatic hydroxyl groups is 2. The quantitative estimate of drug-likeness (QED) is 0.253. The van der Waals surface area contributed by atoms with E-state index in [0.29, 0.717) is 19.3 Å². The van der Waals surface area contributed by atoms with Gasteiger partial charge in [0.1, 0.15) is 5.60 Å². The highest BCUT2D eigenvalue weighted by Crippen LogP contribution is 2.20. The number of aliphatic hydroxyl groups excluding tert-OH is 2. The van der Waals surface area contributed by atoms with Crippen LogP contribution in [0.1, 0.15) is 43.9 Å². The molecule has 4 N–H and O–H groups in total. The van der Waals surface area contributed by atoms with Crippen molar-refractivity contribution in [1.82, 2.24) is 10.6 Å². The van der Waals surface area contributed by atoms with Crippen LogP contribution in [0.2, 0.25) is 0 Å². The van der Waals surface area contributed by atoms with Crippen molar-refractivity contribution in [2.75, 3.05) is 6.61 Å². The molecular formula is C33H42N2O5. The minimum Gasteiger partial charge on any atom is -0.444 e. The molecule has 0 bridgehead atoms. The molecule has 0 spiro atoms. The van der Waals surface area contributed by atoms with Crippen molar-refractivity contribution in [3.8, 4) is 0 Å². The van der Waals surface area contributed by atoms with Gasteiger partial charge in [0.25, 0.3) is 0 Å². The smallest absolute Gasteiger partial charge is 0.407 e. The van der Waals surface area contributed by atoms with E-state index in [1.165, 1.54) is 0 Å². The SMILES string of the molecule is CC(C)(C)OC(=O)N[C@@H](Cc1ccccc1)[C@@H](O)C[C@@H](Cc1ccccc1)C(=O)N[C@H](CO)Cc1ccccc1. The van der Waals surface area contributed by atoms with Gasteiger partial charge in [-0.2, -0.15) is 0 Å². The van der Waals surface area contributed by atoms with Crippen molar-refractivity contribution in [3.63, 3.8) is 0 Å². The fraction of sp³-hybridized carbons (Fsp3) is 0.394. The van der Waals surface area contributed by atoms with Gasteiger partial charge in [-0.3, -0.25) is 4.79 Å². The highest BCUT2D eigenvalue weighted by atomic mass is 16.6. The standard InChI is InChI=1S/C33H42N2O5/c1-33(2,3)40-32(39)35-29(21-26-17-11-6-12-18-26)30(37)22-27(19-24-13-7-4-8-14-24)31(38)34-28(23-36)20-25-15-9-5-10-16-25/h4-18,27-30,36-37H,19-23H2,1-3H3,(H,34,38)(H,35,39)/t27-,28+,29+,30+/m1/s1. The summed E-state index contributed by atoms with van der Waals surface area (Å²) in [6.45, 7) is 5.13. The molecule has 40 heavy (non-hydrogen) atoms. The van der Waals surface area contributed by atoms with E-state index in [1.807, 2.05) is 91.0 Å². The van der Waals surface area contributed by atoms with Gasteiger partial charge in [0.2, 0.25) is 5.91 Å². The second-order valence-corrected chi connectivity index (χ2v) is 11.2. The average Bonchev–Trinajstić information content (AvgIpc) is 2.92. The molecule has 2 amide bonds. The van der Waals surface area contributed by atoms with Gasteiger partial charge in [0, 0.05) is 5.92 Å². The van der Waals surface area contributed by atoms with Crippen molar-refractivity contribution in [3.05, 3.63) is 108 Å². The molecule has 7 nitrogen and oxygen atoms in total. The van der Waals surface area contributed by atoms with Gasteiger partial charge < -0.3 is 25.6 Å². The van der Waals surface area contributed by atoms with Crippen molar-refractivity contribution in [2.45, 2.75) is 70.2 Å². The Morgan fingerprint density at radius 1 is 0.750 bits per heavy atom. The molecule has 3 aromatic carbocycles. The lowest BCUT2D eigenvalue weighted by molar-refractivity contribution is -0.127. The van der Waals surface area contributed by atoms with Crippen molar-refractivity contribution in [1.29, 1.82) is 0 Å². The Hall–Kier alpha value is -3.68.